The van der Waals surface area contributed by atoms with Crippen LogP contribution in [0.3, 0.4) is 0 Å². The van der Waals surface area contributed by atoms with E-state index in [1.807, 2.05) is 10.9 Å². The first kappa shape index (κ1) is 20.1. The summed E-state index contributed by atoms with van der Waals surface area (Å²) in [5, 5.41) is 18.8. The Balaban J connectivity index is 1.59. The molecule has 1 amide bonds. The maximum atomic E-state index is 12.0. The first-order valence-electron chi connectivity index (χ1n) is 9.96. The number of carbonyl (C=O) groups is 1. The Labute approximate surface area is 178 Å². The number of aromatic nitrogens is 6. The topological polar surface area (TPSA) is 117 Å². The minimum atomic E-state index is -0.0675. The van der Waals surface area contributed by atoms with E-state index in [0.29, 0.717) is 34.5 Å². The number of aryl methyl sites for hydroxylation is 1. The molecule has 1 saturated heterocycles. The molecule has 3 aromatic heterocycles. The number of piperidine rings is 1. The molecule has 158 valence electrons. The lowest BCUT2D eigenvalue weighted by Crippen LogP contribution is -2.44. The van der Waals surface area contributed by atoms with E-state index < -0.39 is 0 Å². The van der Waals surface area contributed by atoms with Crippen molar-refractivity contribution in [3.63, 3.8) is 0 Å². The van der Waals surface area contributed by atoms with Crippen molar-refractivity contribution in [2.75, 3.05) is 23.7 Å². The Kier molecular flexibility index (Phi) is 5.84. The molecule has 0 aliphatic carbocycles. The molecule has 1 unspecified atom stereocenters. The number of hydrogen-bond acceptors (Lipinski definition) is 7. The zero-order valence-electron chi connectivity index (χ0n) is 16.7. The molecule has 1 fully saturated rings. The zero-order chi connectivity index (χ0) is 21.1. The third-order valence-corrected chi connectivity index (χ3v) is 5.23. The Bertz CT molecular complexity index is 1060. The number of rotatable bonds is 7. The van der Waals surface area contributed by atoms with Crippen molar-refractivity contribution in [2.45, 2.75) is 38.8 Å². The van der Waals surface area contributed by atoms with Crippen LogP contribution in [0, 0.1) is 0 Å². The van der Waals surface area contributed by atoms with Crippen LogP contribution in [0.15, 0.2) is 25.0 Å². The summed E-state index contributed by atoms with van der Waals surface area (Å²) in [5.41, 5.74) is 1.24. The molecular formula is C19H24ClN9O. The minimum absolute atomic E-state index is 0.0341. The molecule has 3 N–H and O–H groups in total. The number of nitrogens with one attached hydrogen (secondary N) is 3. The van der Waals surface area contributed by atoms with Crippen molar-refractivity contribution < 1.29 is 4.79 Å². The lowest BCUT2D eigenvalue weighted by Gasteiger charge is -2.32. The van der Waals surface area contributed by atoms with Gasteiger partial charge in [0.05, 0.1) is 11.9 Å². The van der Waals surface area contributed by atoms with Crippen LogP contribution in [0.5, 0.6) is 0 Å². The second-order valence-corrected chi connectivity index (χ2v) is 7.60. The van der Waals surface area contributed by atoms with Crippen LogP contribution in [0.4, 0.5) is 17.5 Å². The van der Waals surface area contributed by atoms with Gasteiger partial charge >= 0.3 is 0 Å². The highest BCUT2D eigenvalue weighted by atomic mass is 35.5. The van der Waals surface area contributed by atoms with E-state index in [-0.39, 0.29) is 11.9 Å². The molecule has 0 saturated carbocycles. The molecule has 11 heteroatoms. The fourth-order valence-electron chi connectivity index (χ4n) is 3.58. The highest BCUT2D eigenvalue weighted by molar-refractivity contribution is 6.35. The summed E-state index contributed by atoms with van der Waals surface area (Å²) in [5.74, 6) is 0.890. The molecule has 1 aliphatic heterocycles. The molecule has 1 atom stereocenters. The number of H-pyrrole nitrogens is 1. The third kappa shape index (κ3) is 4.23. The fourth-order valence-corrected chi connectivity index (χ4v) is 3.79. The molecule has 1 aliphatic rings. The van der Waals surface area contributed by atoms with Crippen molar-refractivity contribution in [3.05, 3.63) is 30.2 Å². The zero-order valence-corrected chi connectivity index (χ0v) is 17.5. The van der Waals surface area contributed by atoms with Gasteiger partial charge in [-0.3, -0.25) is 14.6 Å². The number of carbonyl (C=O) groups excluding carboxylic acids is 1. The van der Waals surface area contributed by atoms with Crippen molar-refractivity contribution in [2.24, 2.45) is 0 Å². The van der Waals surface area contributed by atoms with Crippen molar-refractivity contribution >= 4 is 46.0 Å². The minimum Gasteiger partial charge on any atom is -0.365 e. The van der Waals surface area contributed by atoms with Gasteiger partial charge in [0.2, 0.25) is 11.9 Å². The van der Waals surface area contributed by atoms with E-state index in [1.54, 1.807) is 11.1 Å². The lowest BCUT2D eigenvalue weighted by molar-refractivity contribution is -0.127. The van der Waals surface area contributed by atoms with Gasteiger partial charge in [0.1, 0.15) is 16.4 Å². The number of halogens is 1. The molecule has 0 spiro atoms. The normalized spacial score (nSPS) is 16.6. The van der Waals surface area contributed by atoms with Gasteiger partial charge in [-0.15, -0.1) is 0 Å². The highest BCUT2D eigenvalue weighted by Crippen LogP contribution is 2.29. The summed E-state index contributed by atoms with van der Waals surface area (Å²) in [6, 6.07) is 0.0341. The number of aromatic amines is 1. The van der Waals surface area contributed by atoms with E-state index in [4.69, 9.17) is 11.6 Å². The maximum Gasteiger partial charge on any atom is 0.246 e. The third-order valence-electron chi connectivity index (χ3n) is 4.96. The van der Waals surface area contributed by atoms with Gasteiger partial charge in [-0.1, -0.05) is 25.1 Å². The van der Waals surface area contributed by atoms with E-state index >= 15 is 0 Å². The van der Waals surface area contributed by atoms with Gasteiger partial charge in [0.25, 0.3) is 0 Å². The molecule has 0 bridgehead atoms. The number of fused-ring (bicyclic) bond motifs is 1. The number of nitrogens with zero attached hydrogens (tertiary/aromatic N) is 6. The van der Waals surface area contributed by atoms with Crippen LogP contribution >= 0.6 is 11.6 Å². The first-order valence-corrected chi connectivity index (χ1v) is 10.3. The van der Waals surface area contributed by atoms with E-state index in [0.717, 1.165) is 38.0 Å². The van der Waals surface area contributed by atoms with E-state index in [1.165, 1.54) is 6.08 Å². The maximum absolute atomic E-state index is 12.0. The van der Waals surface area contributed by atoms with Crippen LogP contribution in [0.25, 0.3) is 11.0 Å². The predicted octanol–water partition coefficient (Wildman–Crippen LogP) is 2.95. The first-order chi connectivity index (χ1) is 14.6. The summed E-state index contributed by atoms with van der Waals surface area (Å²) in [7, 11) is 0. The molecule has 4 rings (SSSR count). The largest absolute Gasteiger partial charge is 0.365 e. The molecule has 3 aromatic rings. The lowest BCUT2D eigenvalue weighted by atomic mass is 10.1. The monoisotopic (exact) mass is 429 g/mol. The van der Waals surface area contributed by atoms with Crippen LogP contribution in [0.1, 0.15) is 26.2 Å². The van der Waals surface area contributed by atoms with Crippen LogP contribution in [-0.2, 0) is 11.3 Å². The number of anilines is 3. The summed E-state index contributed by atoms with van der Waals surface area (Å²) in [6.45, 7) is 7.81. The summed E-state index contributed by atoms with van der Waals surface area (Å²) < 4.78 is 1.86. The predicted molar refractivity (Wildman–Crippen MR) is 116 cm³/mol. The van der Waals surface area contributed by atoms with Crippen LogP contribution in [0.2, 0.25) is 5.15 Å². The van der Waals surface area contributed by atoms with Crippen molar-refractivity contribution in [1.29, 1.82) is 0 Å². The summed E-state index contributed by atoms with van der Waals surface area (Å²) in [4.78, 5) is 22.9. The number of likely N-dealkylation sites (tertiary alicyclic amines) is 1. The quantitative estimate of drug-likeness (QED) is 0.494. The van der Waals surface area contributed by atoms with E-state index in [2.05, 4.69) is 49.4 Å². The molecule has 30 heavy (non-hydrogen) atoms. The van der Waals surface area contributed by atoms with E-state index in [9.17, 15) is 4.79 Å². The molecule has 0 aromatic carbocycles. The van der Waals surface area contributed by atoms with Gasteiger partial charge in [-0.05, 0) is 25.3 Å². The average molecular weight is 430 g/mol. The SMILES string of the molecule is C=CC(=O)N1CCCC(Nc2nc(Nc3cnn(CCC)c3)nc3n[nH]c(Cl)c23)C1. The summed E-state index contributed by atoms with van der Waals surface area (Å²) >= 11 is 6.30. The molecule has 4 heterocycles. The van der Waals surface area contributed by atoms with Gasteiger partial charge in [0.15, 0.2) is 5.65 Å². The highest BCUT2D eigenvalue weighted by Gasteiger charge is 2.24. The Morgan fingerprint density at radius 1 is 1.47 bits per heavy atom. The van der Waals surface area contributed by atoms with Crippen molar-refractivity contribution in [1.82, 2.24) is 34.8 Å². The summed E-state index contributed by atoms with van der Waals surface area (Å²) in [6.07, 6.45) is 7.78. The van der Waals surface area contributed by atoms with Crippen LogP contribution in [-0.4, -0.2) is 59.9 Å². The average Bonchev–Trinajstić information content (AvgIpc) is 3.34. The number of hydrogen-bond donors (Lipinski definition) is 3. The van der Waals surface area contributed by atoms with Crippen molar-refractivity contribution in [3.8, 4) is 0 Å². The second kappa shape index (κ2) is 8.70. The second-order valence-electron chi connectivity index (χ2n) is 7.22. The molecule has 10 nitrogen and oxygen atoms in total. The van der Waals surface area contributed by atoms with Gasteiger partial charge in [-0.25, -0.2) is 0 Å². The Hall–Kier alpha value is -3.14. The van der Waals surface area contributed by atoms with Gasteiger partial charge < -0.3 is 15.5 Å². The Morgan fingerprint density at radius 3 is 3.13 bits per heavy atom. The Morgan fingerprint density at radius 2 is 2.33 bits per heavy atom. The number of amides is 1. The van der Waals surface area contributed by atoms with Gasteiger partial charge in [-0.2, -0.15) is 20.2 Å². The smallest absolute Gasteiger partial charge is 0.246 e. The molecular weight excluding hydrogens is 406 g/mol. The van der Waals surface area contributed by atoms with Crippen LogP contribution < -0.4 is 10.6 Å². The van der Waals surface area contributed by atoms with Gasteiger partial charge in [0, 0.05) is 31.9 Å². The standard InChI is InChI=1S/C19H24ClN9O/c1-3-7-29-11-13(9-21-29)23-19-24-17(15-16(20)26-27-18(15)25-19)22-12-6-5-8-28(10-12)14(30)4-2/h4,9,11-12H,2-3,5-8,10H2,1H3,(H3,22,23,24,25,26,27). The molecule has 0 radical (unpaired) electrons. The fraction of sp³-hybridized carbons (Fsp3) is 0.421.